The Kier molecular flexibility index (Phi) is 4.81. The quantitative estimate of drug-likeness (QED) is 0.867. The van der Waals surface area contributed by atoms with E-state index in [4.69, 9.17) is 21.1 Å². The van der Waals surface area contributed by atoms with Gasteiger partial charge in [0.1, 0.15) is 17.2 Å². The van der Waals surface area contributed by atoms with Crippen LogP contribution in [0.2, 0.25) is 5.02 Å². The summed E-state index contributed by atoms with van der Waals surface area (Å²) in [5.74, 6) is 1.50. The number of anilines is 1. The molecule has 0 aliphatic rings. The Labute approximate surface area is 129 Å². The summed E-state index contributed by atoms with van der Waals surface area (Å²) < 4.78 is 10.3. The number of nitrogens with one attached hydrogen (secondary N) is 1. The Morgan fingerprint density at radius 1 is 1.05 bits per heavy atom. The van der Waals surface area contributed by atoms with Crippen molar-refractivity contribution in [1.82, 2.24) is 0 Å². The Bertz CT molecular complexity index is 631. The van der Waals surface area contributed by atoms with Gasteiger partial charge in [-0.3, -0.25) is 0 Å². The van der Waals surface area contributed by atoms with Crippen LogP contribution in [-0.4, -0.2) is 19.3 Å². The second kappa shape index (κ2) is 6.59. The van der Waals surface area contributed by atoms with Crippen molar-refractivity contribution in [2.45, 2.75) is 13.0 Å². The third-order valence-corrected chi connectivity index (χ3v) is 3.58. The number of halogens is 1. The molecule has 0 heterocycles. The van der Waals surface area contributed by atoms with Crippen molar-refractivity contribution >= 4 is 17.3 Å². The minimum Gasteiger partial charge on any atom is -0.507 e. The molecule has 2 rings (SSSR count). The molecular weight excluding hydrogens is 290 g/mol. The first kappa shape index (κ1) is 15.3. The molecule has 2 aromatic rings. The van der Waals surface area contributed by atoms with Crippen LogP contribution >= 0.6 is 11.6 Å². The van der Waals surface area contributed by atoms with E-state index in [0.29, 0.717) is 16.5 Å². The summed E-state index contributed by atoms with van der Waals surface area (Å²) in [7, 11) is 3.16. The van der Waals surface area contributed by atoms with Crippen LogP contribution in [0.3, 0.4) is 0 Å². The zero-order valence-electron chi connectivity index (χ0n) is 12.2. The van der Waals surface area contributed by atoms with Gasteiger partial charge in [0.15, 0.2) is 0 Å². The van der Waals surface area contributed by atoms with Crippen LogP contribution in [0.25, 0.3) is 0 Å². The number of phenolic OH excluding ortho intramolecular Hbond substituents is 1. The molecule has 2 aromatic carbocycles. The van der Waals surface area contributed by atoms with Gasteiger partial charge in [0.25, 0.3) is 0 Å². The summed E-state index contributed by atoms with van der Waals surface area (Å²) in [5.41, 5.74) is 1.51. The van der Waals surface area contributed by atoms with Gasteiger partial charge in [-0.1, -0.05) is 11.6 Å². The van der Waals surface area contributed by atoms with Crippen molar-refractivity contribution in [2.24, 2.45) is 0 Å². The molecule has 2 N–H and O–H groups in total. The topological polar surface area (TPSA) is 50.7 Å². The highest BCUT2D eigenvalue weighted by molar-refractivity contribution is 6.33. The lowest BCUT2D eigenvalue weighted by atomic mass is 10.1. The number of phenols is 1. The van der Waals surface area contributed by atoms with Gasteiger partial charge < -0.3 is 19.9 Å². The van der Waals surface area contributed by atoms with E-state index in [1.807, 2.05) is 19.1 Å². The van der Waals surface area contributed by atoms with Crippen LogP contribution < -0.4 is 14.8 Å². The summed E-state index contributed by atoms with van der Waals surface area (Å²) in [4.78, 5) is 0. The maximum atomic E-state index is 10.1. The lowest BCUT2D eigenvalue weighted by Gasteiger charge is -2.18. The standard InChI is InChI=1S/C16H18ClNO3/c1-10(13-6-4-12(21-3)9-16(13)19)18-15-8-11(20-2)5-7-14(15)17/h4-10,18-19H,1-3H3. The van der Waals surface area contributed by atoms with Crippen LogP contribution in [0.15, 0.2) is 36.4 Å². The van der Waals surface area contributed by atoms with Gasteiger partial charge in [0.2, 0.25) is 0 Å². The Morgan fingerprint density at radius 3 is 2.29 bits per heavy atom. The van der Waals surface area contributed by atoms with E-state index in [1.165, 1.54) is 0 Å². The average molecular weight is 308 g/mol. The number of aromatic hydroxyl groups is 1. The molecule has 0 saturated carbocycles. The van der Waals surface area contributed by atoms with Crippen LogP contribution in [0.4, 0.5) is 5.69 Å². The van der Waals surface area contributed by atoms with E-state index in [0.717, 1.165) is 11.3 Å². The number of hydrogen-bond acceptors (Lipinski definition) is 4. The van der Waals surface area contributed by atoms with Gasteiger partial charge in [-0.2, -0.15) is 0 Å². The SMILES string of the molecule is COc1ccc(C(C)Nc2cc(OC)ccc2Cl)c(O)c1. The maximum absolute atomic E-state index is 10.1. The molecule has 0 aliphatic heterocycles. The fourth-order valence-corrected chi connectivity index (χ4v) is 2.24. The van der Waals surface area contributed by atoms with E-state index in [1.54, 1.807) is 38.5 Å². The fraction of sp³-hybridized carbons (Fsp3) is 0.250. The molecule has 1 atom stereocenters. The smallest absolute Gasteiger partial charge is 0.124 e. The molecule has 0 bridgehead atoms. The Balaban J connectivity index is 2.23. The first-order valence-corrected chi connectivity index (χ1v) is 6.90. The lowest BCUT2D eigenvalue weighted by molar-refractivity contribution is 0.406. The van der Waals surface area contributed by atoms with Crippen LogP contribution in [0.5, 0.6) is 17.2 Å². The van der Waals surface area contributed by atoms with Gasteiger partial charge in [0.05, 0.1) is 31.0 Å². The molecule has 0 amide bonds. The minimum atomic E-state index is -0.125. The average Bonchev–Trinajstić information content (AvgIpc) is 2.49. The molecule has 0 spiro atoms. The zero-order valence-corrected chi connectivity index (χ0v) is 12.9. The highest BCUT2D eigenvalue weighted by Crippen LogP contribution is 2.33. The third-order valence-electron chi connectivity index (χ3n) is 3.25. The van der Waals surface area contributed by atoms with E-state index < -0.39 is 0 Å². The molecule has 112 valence electrons. The molecule has 0 aliphatic carbocycles. The summed E-state index contributed by atoms with van der Waals surface area (Å²) in [6.07, 6.45) is 0. The van der Waals surface area contributed by atoms with Gasteiger partial charge in [-0.05, 0) is 31.2 Å². The zero-order chi connectivity index (χ0) is 15.4. The molecule has 0 radical (unpaired) electrons. The summed E-state index contributed by atoms with van der Waals surface area (Å²) in [5, 5.41) is 13.9. The van der Waals surface area contributed by atoms with E-state index in [9.17, 15) is 5.11 Å². The highest BCUT2D eigenvalue weighted by Gasteiger charge is 2.13. The second-order valence-corrected chi connectivity index (χ2v) is 5.04. The van der Waals surface area contributed by atoms with Crippen molar-refractivity contribution in [3.63, 3.8) is 0 Å². The summed E-state index contributed by atoms with van der Waals surface area (Å²) in [6, 6.07) is 10.5. The number of hydrogen-bond donors (Lipinski definition) is 2. The van der Waals surface area contributed by atoms with Crippen molar-refractivity contribution in [3.05, 3.63) is 47.0 Å². The second-order valence-electron chi connectivity index (χ2n) is 4.64. The van der Waals surface area contributed by atoms with Crippen LogP contribution in [0, 0.1) is 0 Å². The molecule has 0 aromatic heterocycles. The monoisotopic (exact) mass is 307 g/mol. The normalized spacial score (nSPS) is 11.8. The van der Waals surface area contributed by atoms with E-state index in [-0.39, 0.29) is 11.8 Å². The van der Waals surface area contributed by atoms with Crippen LogP contribution in [0.1, 0.15) is 18.5 Å². The minimum absolute atomic E-state index is 0.125. The summed E-state index contributed by atoms with van der Waals surface area (Å²) in [6.45, 7) is 1.94. The fourth-order valence-electron chi connectivity index (χ4n) is 2.07. The molecule has 0 fully saturated rings. The molecule has 0 saturated heterocycles. The predicted molar refractivity (Wildman–Crippen MR) is 84.7 cm³/mol. The van der Waals surface area contributed by atoms with Gasteiger partial charge >= 0.3 is 0 Å². The van der Waals surface area contributed by atoms with Gasteiger partial charge in [0, 0.05) is 17.7 Å². The largest absolute Gasteiger partial charge is 0.507 e. The lowest BCUT2D eigenvalue weighted by Crippen LogP contribution is -2.07. The number of ether oxygens (including phenoxy) is 2. The molecule has 1 unspecified atom stereocenters. The Hall–Kier alpha value is -2.07. The molecule has 4 nitrogen and oxygen atoms in total. The van der Waals surface area contributed by atoms with Crippen molar-refractivity contribution in [3.8, 4) is 17.2 Å². The third kappa shape index (κ3) is 3.52. The Morgan fingerprint density at radius 2 is 1.67 bits per heavy atom. The summed E-state index contributed by atoms with van der Waals surface area (Å²) >= 11 is 6.17. The van der Waals surface area contributed by atoms with Gasteiger partial charge in [-0.15, -0.1) is 0 Å². The highest BCUT2D eigenvalue weighted by atomic mass is 35.5. The van der Waals surface area contributed by atoms with E-state index in [2.05, 4.69) is 5.32 Å². The van der Waals surface area contributed by atoms with E-state index >= 15 is 0 Å². The van der Waals surface area contributed by atoms with Gasteiger partial charge in [-0.25, -0.2) is 0 Å². The van der Waals surface area contributed by atoms with Crippen molar-refractivity contribution < 1.29 is 14.6 Å². The number of rotatable bonds is 5. The molecule has 21 heavy (non-hydrogen) atoms. The molecule has 5 heteroatoms. The van der Waals surface area contributed by atoms with Crippen LogP contribution in [-0.2, 0) is 0 Å². The van der Waals surface area contributed by atoms with Crippen molar-refractivity contribution in [1.29, 1.82) is 0 Å². The molecular formula is C16H18ClNO3. The maximum Gasteiger partial charge on any atom is 0.124 e. The number of benzene rings is 2. The first-order chi connectivity index (χ1) is 10.0. The predicted octanol–water partition coefficient (Wildman–Crippen LogP) is 4.24. The first-order valence-electron chi connectivity index (χ1n) is 6.52. The van der Waals surface area contributed by atoms with Crippen molar-refractivity contribution in [2.75, 3.05) is 19.5 Å². The number of methoxy groups -OCH3 is 2.